The maximum Gasteiger partial charge on any atom is 0.0547 e. The van der Waals surface area contributed by atoms with Crippen LogP contribution in [0.5, 0.6) is 0 Å². The maximum atomic E-state index is 2.58. The van der Waals surface area contributed by atoms with Crippen molar-refractivity contribution in [1.29, 1.82) is 0 Å². The lowest BCUT2D eigenvalue weighted by Gasteiger charge is -2.44. The summed E-state index contributed by atoms with van der Waals surface area (Å²) in [6.45, 7) is 19.5. The van der Waals surface area contributed by atoms with Crippen LogP contribution in [-0.4, -0.2) is 4.57 Å². The van der Waals surface area contributed by atoms with Crippen LogP contribution in [0.4, 0.5) is 0 Å². The number of fused-ring (bicyclic) bond motifs is 7. The Morgan fingerprint density at radius 1 is 0.388 bits per heavy atom. The number of rotatable bonds is 3. The predicted octanol–water partition coefficient (Wildman–Crippen LogP) is 13.0. The number of nitrogens with zero attached hydrogens (tertiary/aromatic N) is 1. The first-order chi connectivity index (χ1) is 23.3. The van der Waals surface area contributed by atoms with E-state index in [4.69, 9.17) is 0 Å². The van der Waals surface area contributed by atoms with E-state index >= 15 is 0 Å². The molecule has 0 saturated carbocycles. The molecule has 0 N–H and O–H groups in total. The van der Waals surface area contributed by atoms with Gasteiger partial charge < -0.3 is 4.57 Å². The highest BCUT2D eigenvalue weighted by molar-refractivity contribution is 6.12. The van der Waals surface area contributed by atoms with Crippen LogP contribution in [0.2, 0.25) is 0 Å². The first-order valence-electron chi connectivity index (χ1n) is 17.9. The van der Waals surface area contributed by atoms with Crippen LogP contribution >= 0.6 is 0 Å². The number of aromatic nitrogens is 1. The topological polar surface area (TPSA) is 4.93 Å². The predicted molar refractivity (Wildman–Crippen MR) is 209 cm³/mol. The third kappa shape index (κ3) is 3.93. The summed E-state index contributed by atoms with van der Waals surface area (Å²) in [5.74, 6) is 0. The number of hydrogen-bond acceptors (Lipinski definition) is 0. The summed E-state index contributed by atoms with van der Waals surface area (Å²) >= 11 is 0. The molecule has 1 nitrogen and oxygen atoms in total. The van der Waals surface area contributed by atoms with Gasteiger partial charge in [-0.15, -0.1) is 0 Å². The maximum absolute atomic E-state index is 2.58. The highest BCUT2D eigenvalue weighted by Gasteiger charge is 2.57. The molecule has 0 bridgehead atoms. The molecule has 49 heavy (non-hydrogen) atoms. The van der Waals surface area contributed by atoms with Crippen molar-refractivity contribution >= 4 is 21.8 Å². The van der Waals surface area contributed by atoms with E-state index in [2.05, 4.69) is 187 Å². The molecule has 2 aliphatic carbocycles. The van der Waals surface area contributed by atoms with Gasteiger partial charge in [0.2, 0.25) is 0 Å². The first kappa shape index (κ1) is 30.2. The van der Waals surface area contributed by atoms with Crippen molar-refractivity contribution in [2.75, 3.05) is 0 Å². The summed E-state index contributed by atoms with van der Waals surface area (Å²) in [7, 11) is 0. The van der Waals surface area contributed by atoms with Crippen LogP contribution in [-0.2, 0) is 16.2 Å². The summed E-state index contributed by atoms with van der Waals surface area (Å²) in [4.78, 5) is 0. The quantitative estimate of drug-likeness (QED) is 0.182. The molecule has 0 spiro atoms. The fraction of sp³-hybridized carbons (Fsp3) is 0.250. The smallest absolute Gasteiger partial charge is 0.0547 e. The van der Waals surface area contributed by atoms with Crippen LogP contribution in [0.1, 0.15) is 77.6 Å². The molecular formula is C48H45N. The third-order valence-electron chi connectivity index (χ3n) is 13.5. The summed E-state index contributed by atoms with van der Waals surface area (Å²) in [6.07, 6.45) is 0. The lowest BCUT2D eigenvalue weighted by Crippen LogP contribution is -2.42. The Bertz CT molecular complexity index is 2410. The van der Waals surface area contributed by atoms with Crippen molar-refractivity contribution in [3.8, 4) is 39.1 Å². The van der Waals surface area contributed by atoms with E-state index in [1.165, 1.54) is 83.1 Å². The largest absolute Gasteiger partial charge is 0.309 e. The molecule has 0 atom stereocenters. The molecule has 0 aliphatic heterocycles. The molecule has 1 heteroatoms. The molecule has 242 valence electrons. The van der Waals surface area contributed by atoms with Gasteiger partial charge in [-0.1, -0.05) is 140 Å². The summed E-state index contributed by atoms with van der Waals surface area (Å²) < 4.78 is 2.58. The second-order valence-corrected chi connectivity index (χ2v) is 16.7. The minimum Gasteiger partial charge on any atom is -0.309 e. The van der Waals surface area contributed by atoms with Gasteiger partial charge in [-0.05, 0) is 114 Å². The average molecular weight is 636 g/mol. The fourth-order valence-corrected chi connectivity index (χ4v) is 9.36. The monoisotopic (exact) mass is 635 g/mol. The van der Waals surface area contributed by atoms with Crippen LogP contribution in [0, 0.1) is 5.41 Å². The van der Waals surface area contributed by atoms with Crippen molar-refractivity contribution < 1.29 is 0 Å². The highest BCUT2D eigenvalue weighted by Crippen LogP contribution is 2.62. The molecule has 6 aromatic carbocycles. The number of hydrogen-bond donors (Lipinski definition) is 0. The Labute approximate surface area is 291 Å². The van der Waals surface area contributed by atoms with Crippen LogP contribution < -0.4 is 0 Å². The molecule has 0 radical (unpaired) electrons. The molecular weight excluding hydrogens is 591 g/mol. The van der Waals surface area contributed by atoms with Crippen LogP contribution in [0.25, 0.3) is 60.9 Å². The minimum absolute atomic E-state index is 0.00504. The zero-order valence-corrected chi connectivity index (χ0v) is 30.1. The van der Waals surface area contributed by atoms with Gasteiger partial charge in [0.05, 0.1) is 11.0 Å². The van der Waals surface area contributed by atoms with Gasteiger partial charge in [-0.2, -0.15) is 0 Å². The first-order valence-corrected chi connectivity index (χ1v) is 17.9. The standard InChI is InChI=1S/C48H45N/c1-45(2)39-22-16-15-21-35(39)36-28-43-37(26-40(36)45)38-27-41-42(47(5,6)48(7,8)46(41,3)4)29-44(38)49(43)34-24-32(30-17-11-9-12-18-30)23-33(25-34)31-19-13-10-14-20-31/h9-29H,1-8H3. The van der Waals surface area contributed by atoms with E-state index < -0.39 is 0 Å². The zero-order chi connectivity index (χ0) is 34.1. The van der Waals surface area contributed by atoms with E-state index in [9.17, 15) is 0 Å². The van der Waals surface area contributed by atoms with Crippen molar-refractivity contribution in [3.63, 3.8) is 0 Å². The molecule has 0 amide bonds. The van der Waals surface area contributed by atoms with Crippen molar-refractivity contribution in [2.45, 2.75) is 71.6 Å². The Morgan fingerprint density at radius 2 is 0.878 bits per heavy atom. The van der Waals surface area contributed by atoms with E-state index in [0.29, 0.717) is 0 Å². The van der Waals surface area contributed by atoms with Crippen molar-refractivity contribution in [2.24, 2.45) is 5.41 Å². The molecule has 1 aromatic heterocycles. The SMILES string of the molecule is CC1(C)c2ccccc2-c2cc3c(cc21)c1cc2c(cc1n3-c1cc(-c3ccccc3)cc(-c3ccccc3)c1)C(C)(C)C(C)(C)C2(C)C. The lowest BCUT2D eigenvalue weighted by atomic mass is 9.59. The Hall–Kier alpha value is -4.88. The second kappa shape index (κ2) is 9.85. The highest BCUT2D eigenvalue weighted by atomic mass is 15.0. The molecule has 1 heterocycles. The van der Waals surface area contributed by atoms with Crippen molar-refractivity contribution in [3.05, 3.63) is 150 Å². The average Bonchev–Trinajstić information content (AvgIpc) is 3.58. The zero-order valence-electron chi connectivity index (χ0n) is 30.1. The van der Waals surface area contributed by atoms with Gasteiger partial charge in [-0.25, -0.2) is 0 Å². The Morgan fingerprint density at radius 3 is 1.47 bits per heavy atom. The van der Waals surface area contributed by atoms with E-state index in [1.54, 1.807) is 0 Å². The number of benzene rings is 6. The third-order valence-corrected chi connectivity index (χ3v) is 13.5. The molecule has 9 rings (SSSR count). The summed E-state index contributed by atoms with van der Waals surface area (Å²) in [5, 5.41) is 2.68. The van der Waals surface area contributed by atoms with Gasteiger partial charge in [0.15, 0.2) is 0 Å². The summed E-state index contributed by atoms with van der Waals surface area (Å²) in [5.41, 5.74) is 17.2. The minimum atomic E-state index is -0.0672. The van der Waals surface area contributed by atoms with E-state index in [0.717, 1.165) is 0 Å². The Balaban J connectivity index is 1.43. The Kier molecular flexibility index (Phi) is 6.07. The molecule has 2 aliphatic rings. The van der Waals surface area contributed by atoms with Gasteiger partial charge in [0.1, 0.15) is 0 Å². The molecule has 7 aromatic rings. The second-order valence-electron chi connectivity index (χ2n) is 16.7. The van der Waals surface area contributed by atoms with E-state index in [1.807, 2.05) is 0 Å². The lowest BCUT2D eigenvalue weighted by molar-refractivity contribution is 0.125. The van der Waals surface area contributed by atoms with Gasteiger partial charge in [0.25, 0.3) is 0 Å². The van der Waals surface area contributed by atoms with Crippen LogP contribution in [0.3, 0.4) is 0 Å². The fourth-order valence-electron chi connectivity index (χ4n) is 9.36. The summed E-state index contributed by atoms with van der Waals surface area (Å²) in [6, 6.07) is 48.0. The van der Waals surface area contributed by atoms with Gasteiger partial charge >= 0.3 is 0 Å². The molecule has 0 saturated heterocycles. The van der Waals surface area contributed by atoms with Crippen molar-refractivity contribution in [1.82, 2.24) is 4.57 Å². The normalized spacial score (nSPS) is 17.6. The molecule has 0 fully saturated rings. The van der Waals surface area contributed by atoms with Gasteiger partial charge in [0, 0.05) is 21.9 Å². The molecule has 0 unspecified atom stereocenters. The van der Waals surface area contributed by atoms with E-state index in [-0.39, 0.29) is 21.7 Å². The van der Waals surface area contributed by atoms with Crippen LogP contribution in [0.15, 0.2) is 127 Å². The van der Waals surface area contributed by atoms with Gasteiger partial charge in [-0.3, -0.25) is 0 Å².